The van der Waals surface area contributed by atoms with Crippen LogP contribution >= 0.6 is 15.9 Å². The first kappa shape index (κ1) is 41.5. The van der Waals surface area contributed by atoms with E-state index in [4.69, 9.17) is 14.2 Å². The van der Waals surface area contributed by atoms with Crippen molar-refractivity contribution in [1.82, 2.24) is 0 Å². The van der Waals surface area contributed by atoms with Crippen LogP contribution in [0.4, 0.5) is 39.5 Å². The lowest BCUT2D eigenvalue weighted by molar-refractivity contribution is -0.147. The number of alkyl halides is 10. The maximum Gasteiger partial charge on any atom is 0.416 e. The van der Waals surface area contributed by atoms with Gasteiger partial charge in [0.05, 0.1) is 36.5 Å². The molecule has 1 saturated heterocycles. The summed E-state index contributed by atoms with van der Waals surface area (Å²) in [6.45, 7) is 0.977. The number of benzene rings is 4. The van der Waals surface area contributed by atoms with Crippen molar-refractivity contribution in [1.29, 1.82) is 0 Å². The van der Waals surface area contributed by atoms with Gasteiger partial charge >= 0.3 is 24.5 Å². The van der Waals surface area contributed by atoms with Crippen molar-refractivity contribution in [2.24, 2.45) is 0 Å². The maximum absolute atomic E-state index is 13.2. The molecule has 0 saturated carbocycles. The second kappa shape index (κ2) is 17.1. The molecule has 5 rings (SSSR count). The van der Waals surface area contributed by atoms with E-state index in [0.29, 0.717) is 34.3 Å². The average molecular weight is 794 g/mol. The first-order valence-corrected chi connectivity index (χ1v) is 16.0. The standard InChI is InChI=1S/C26H20F6O3.C10H10BrF3O.CH4/c27-25(28,29)20-11-17(12-21(13-20)26(30,31)32)15-34-16-24(19-9-5-2-6-10-19)14-22(35-23(24)33)18-7-3-1-4-8-18;1-7-2-8(5-15-6-11)4-9(3-7)10(12,13)14;/h1-13,22H,14-16H2;2-4H,5-6H2,1H3;1H4/t22-,24-;;/m0../s1. The van der Waals surface area contributed by atoms with Crippen LogP contribution in [0.3, 0.4) is 0 Å². The van der Waals surface area contributed by atoms with Gasteiger partial charge in [0.1, 0.15) is 17.0 Å². The molecular formula is C37H34BrF9O4. The molecule has 0 radical (unpaired) electrons. The average Bonchev–Trinajstić information content (AvgIpc) is 3.40. The van der Waals surface area contributed by atoms with Gasteiger partial charge in [-0.2, -0.15) is 39.5 Å². The number of aryl methyl sites for hydroxylation is 1. The lowest BCUT2D eigenvalue weighted by atomic mass is 9.78. The Bertz CT molecular complexity index is 1690. The minimum atomic E-state index is -4.96. The second-order valence-corrected chi connectivity index (χ2v) is 12.0. The van der Waals surface area contributed by atoms with Crippen LogP contribution in [0.15, 0.2) is 97.1 Å². The van der Waals surface area contributed by atoms with E-state index < -0.39 is 59.3 Å². The zero-order valence-corrected chi connectivity index (χ0v) is 27.8. The summed E-state index contributed by atoms with van der Waals surface area (Å²) >= 11 is 3.04. The number of halogens is 10. The van der Waals surface area contributed by atoms with Crippen LogP contribution in [0.25, 0.3) is 0 Å². The van der Waals surface area contributed by atoms with E-state index in [1.165, 1.54) is 0 Å². The zero-order valence-electron chi connectivity index (χ0n) is 26.3. The molecule has 4 nitrogen and oxygen atoms in total. The summed E-state index contributed by atoms with van der Waals surface area (Å²) in [7, 11) is 0. The summed E-state index contributed by atoms with van der Waals surface area (Å²) in [5.41, 5.74) is -2.27. The highest BCUT2D eigenvalue weighted by atomic mass is 79.9. The van der Waals surface area contributed by atoms with E-state index in [-0.39, 0.29) is 38.7 Å². The van der Waals surface area contributed by atoms with Crippen LogP contribution in [-0.2, 0) is 56.2 Å². The summed E-state index contributed by atoms with van der Waals surface area (Å²) in [4.78, 5) is 13.1. The molecule has 51 heavy (non-hydrogen) atoms. The fraction of sp³-hybridized carbons (Fsp3) is 0.324. The van der Waals surface area contributed by atoms with Crippen LogP contribution < -0.4 is 0 Å². The smallest absolute Gasteiger partial charge is 0.416 e. The van der Waals surface area contributed by atoms with Crippen molar-refractivity contribution in [2.75, 3.05) is 12.1 Å². The summed E-state index contributed by atoms with van der Waals surface area (Å²) < 4.78 is 133. The van der Waals surface area contributed by atoms with Gasteiger partial charge in [-0.15, -0.1) is 0 Å². The number of carbonyl (C=O) groups is 1. The van der Waals surface area contributed by atoms with Gasteiger partial charge in [-0.3, -0.25) is 4.79 Å². The normalized spacial score (nSPS) is 17.6. The molecule has 2 atom stereocenters. The van der Waals surface area contributed by atoms with Crippen LogP contribution in [-0.4, -0.2) is 18.1 Å². The highest BCUT2D eigenvalue weighted by Crippen LogP contribution is 2.45. The fourth-order valence-corrected chi connectivity index (χ4v) is 5.60. The predicted octanol–water partition coefficient (Wildman–Crippen LogP) is 11.4. The molecule has 0 bridgehead atoms. The topological polar surface area (TPSA) is 44.8 Å². The molecule has 0 aliphatic carbocycles. The van der Waals surface area contributed by atoms with Gasteiger partial charge in [0, 0.05) is 6.42 Å². The molecule has 1 fully saturated rings. The summed E-state index contributed by atoms with van der Waals surface area (Å²) in [6.07, 6.45) is -14.6. The third kappa shape index (κ3) is 11.1. The van der Waals surface area contributed by atoms with Gasteiger partial charge in [0.15, 0.2) is 0 Å². The highest BCUT2D eigenvalue weighted by Gasteiger charge is 2.51. The Morgan fingerprint density at radius 1 is 0.706 bits per heavy atom. The maximum atomic E-state index is 13.2. The molecule has 0 spiro atoms. The molecular weight excluding hydrogens is 759 g/mol. The minimum absolute atomic E-state index is 0. The number of esters is 1. The van der Waals surface area contributed by atoms with E-state index in [0.717, 1.165) is 17.7 Å². The molecule has 0 unspecified atom stereocenters. The van der Waals surface area contributed by atoms with E-state index in [2.05, 4.69) is 15.9 Å². The van der Waals surface area contributed by atoms with E-state index in [1.54, 1.807) is 67.6 Å². The number of carbonyl (C=O) groups excluding carboxylic acids is 1. The van der Waals surface area contributed by atoms with E-state index in [1.807, 2.05) is 6.07 Å². The molecule has 4 aromatic carbocycles. The van der Waals surface area contributed by atoms with Gasteiger partial charge in [0.2, 0.25) is 0 Å². The number of cyclic esters (lactones) is 1. The Balaban J connectivity index is 0.000000370. The van der Waals surface area contributed by atoms with Crippen LogP contribution in [0, 0.1) is 6.92 Å². The Morgan fingerprint density at radius 2 is 1.18 bits per heavy atom. The van der Waals surface area contributed by atoms with Crippen molar-refractivity contribution in [3.63, 3.8) is 0 Å². The molecule has 1 aliphatic rings. The number of rotatable bonds is 9. The Kier molecular flexibility index (Phi) is 13.9. The van der Waals surface area contributed by atoms with Gasteiger partial charge in [0.25, 0.3) is 0 Å². The third-order valence-electron chi connectivity index (χ3n) is 7.75. The van der Waals surface area contributed by atoms with Crippen LogP contribution in [0.2, 0.25) is 0 Å². The summed E-state index contributed by atoms with van der Waals surface area (Å²) in [5.74, 6) is -0.572. The van der Waals surface area contributed by atoms with E-state index >= 15 is 0 Å². The third-order valence-corrected chi connectivity index (χ3v) is 8.07. The number of ether oxygens (including phenoxy) is 3. The Labute approximate surface area is 297 Å². The highest BCUT2D eigenvalue weighted by molar-refractivity contribution is 9.09. The first-order chi connectivity index (χ1) is 23.4. The van der Waals surface area contributed by atoms with E-state index in [9.17, 15) is 44.3 Å². The molecule has 0 amide bonds. The van der Waals surface area contributed by atoms with Crippen molar-refractivity contribution in [3.8, 4) is 0 Å². The quantitative estimate of drug-likeness (QED) is 0.0962. The predicted molar refractivity (Wildman–Crippen MR) is 176 cm³/mol. The Morgan fingerprint density at radius 3 is 1.69 bits per heavy atom. The van der Waals surface area contributed by atoms with Crippen molar-refractivity contribution < 1.29 is 58.5 Å². The molecule has 0 aromatic heterocycles. The zero-order chi connectivity index (χ0) is 36.7. The minimum Gasteiger partial charge on any atom is -0.457 e. The second-order valence-electron chi connectivity index (χ2n) is 11.5. The molecule has 1 heterocycles. The van der Waals surface area contributed by atoms with Crippen molar-refractivity contribution >= 4 is 21.9 Å². The monoisotopic (exact) mass is 792 g/mol. The van der Waals surface area contributed by atoms with Crippen molar-refractivity contribution in [3.05, 3.63) is 142 Å². The summed E-state index contributed by atoms with van der Waals surface area (Å²) in [5, 5.41) is 0. The van der Waals surface area contributed by atoms with Gasteiger partial charge in [-0.25, -0.2) is 0 Å². The van der Waals surface area contributed by atoms with Gasteiger partial charge < -0.3 is 14.2 Å². The molecule has 1 aliphatic heterocycles. The van der Waals surface area contributed by atoms with Gasteiger partial charge in [-0.05, 0) is 59.5 Å². The SMILES string of the molecule is C.Cc1cc(COCBr)cc(C(F)(F)F)c1.O=C1O[C@H](c2ccccc2)C[C@]1(COCc1cc(C(F)(F)F)cc(C(F)(F)F)c1)c1ccccc1. The molecule has 276 valence electrons. The number of hydrogen-bond acceptors (Lipinski definition) is 4. The largest absolute Gasteiger partial charge is 0.457 e. The van der Waals surface area contributed by atoms with Crippen LogP contribution in [0.5, 0.6) is 0 Å². The lowest BCUT2D eigenvalue weighted by Gasteiger charge is -2.25. The Hall–Kier alpha value is -3.88. The van der Waals surface area contributed by atoms with Crippen LogP contribution in [0.1, 0.15) is 64.5 Å². The molecule has 0 N–H and O–H groups in total. The lowest BCUT2D eigenvalue weighted by Crippen LogP contribution is -2.36. The first-order valence-electron chi connectivity index (χ1n) is 14.9. The summed E-state index contributed by atoms with van der Waals surface area (Å²) in [6, 6.07) is 22.9. The number of hydrogen-bond donors (Lipinski definition) is 0. The molecule has 14 heteroatoms. The van der Waals surface area contributed by atoms with Gasteiger partial charge in [-0.1, -0.05) is 95.7 Å². The van der Waals surface area contributed by atoms with Crippen molar-refractivity contribution in [2.45, 2.75) is 64.0 Å². The molecule has 4 aromatic rings. The fourth-order valence-electron chi connectivity index (χ4n) is 5.44.